The van der Waals surface area contributed by atoms with E-state index in [1.54, 1.807) is 4.90 Å². The van der Waals surface area contributed by atoms with Crippen molar-refractivity contribution in [2.45, 2.75) is 12.5 Å². The largest absolute Gasteiger partial charge is 0.329 e. The Bertz CT molecular complexity index is 680. The molecular weight excluding hydrogens is 236 g/mol. The third kappa shape index (κ3) is 1.30. The van der Waals surface area contributed by atoms with Crippen LogP contribution in [0.4, 0.5) is 16.2 Å². The molecule has 0 fully saturated rings. The summed E-state index contributed by atoms with van der Waals surface area (Å²) in [6.07, 6.45) is 0.909. The van der Waals surface area contributed by atoms with Crippen LogP contribution in [-0.2, 0) is 6.42 Å². The minimum absolute atomic E-state index is 0.0636. The fourth-order valence-electron chi connectivity index (χ4n) is 3.21. The fraction of sp³-hybridized carbons (Fsp3) is 0.188. The Kier molecular flexibility index (Phi) is 2.01. The van der Waals surface area contributed by atoms with E-state index >= 15 is 0 Å². The molecule has 3 heteroatoms. The second kappa shape index (κ2) is 3.60. The van der Waals surface area contributed by atoms with E-state index in [0.717, 1.165) is 17.8 Å². The standard InChI is InChI=1S/C16H14N2O/c1-17-14-9-5-3-7-12(14)15-10-11-6-2-4-8-13(11)18(15)16(17)19/h2-9,15H,10H2,1H3. The van der Waals surface area contributed by atoms with Gasteiger partial charge in [0, 0.05) is 12.7 Å². The highest BCUT2D eigenvalue weighted by Gasteiger charge is 2.41. The second-order valence-electron chi connectivity index (χ2n) is 5.12. The maximum atomic E-state index is 12.6. The highest BCUT2D eigenvalue weighted by atomic mass is 16.2. The molecule has 19 heavy (non-hydrogen) atoms. The number of carbonyl (C=O) groups is 1. The average molecular weight is 250 g/mol. The van der Waals surface area contributed by atoms with Gasteiger partial charge < -0.3 is 0 Å². The van der Waals surface area contributed by atoms with Crippen molar-refractivity contribution < 1.29 is 4.79 Å². The van der Waals surface area contributed by atoms with Gasteiger partial charge in [0.05, 0.1) is 11.7 Å². The van der Waals surface area contributed by atoms with Gasteiger partial charge in [-0.15, -0.1) is 0 Å². The summed E-state index contributed by atoms with van der Waals surface area (Å²) in [6, 6.07) is 16.6. The maximum absolute atomic E-state index is 12.6. The maximum Gasteiger partial charge on any atom is 0.329 e. The number of rotatable bonds is 0. The number of urea groups is 1. The molecular formula is C16H14N2O. The van der Waals surface area contributed by atoms with E-state index in [1.807, 2.05) is 48.3 Å². The minimum Gasteiger partial charge on any atom is -0.297 e. The monoisotopic (exact) mass is 250 g/mol. The van der Waals surface area contributed by atoms with Crippen LogP contribution in [-0.4, -0.2) is 13.1 Å². The molecule has 2 amide bonds. The molecule has 0 saturated carbocycles. The fourth-order valence-corrected chi connectivity index (χ4v) is 3.21. The van der Waals surface area contributed by atoms with Gasteiger partial charge in [0.15, 0.2) is 0 Å². The van der Waals surface area contributed by atoms with Gasteiger partial charge in [0.1, 0.15) is 0 Å². The number of nitrogens with zero attached hydrogens (tertiary/aromatic N) is 2. The van der Waals surface area contributed by atoms with Gasteiger partial charge in [0.25, 0.3) is 0 Å². The van der Waals surface area contributed by atoms with Crippen LogP contribution in [0.25, 0.3) is 0 Å². The van der Waals surface area contributed by atoms with Crippen LogP contribution in [0, 0.1) is 0 Å². The highest BCUT2D eigenvalue weighted by Crippen LogP contribution is 2.46. The Morgan fingerprint density at radius 2 is 1.68 bits per heavy atom. The lowest BCUT2D eigenvalue weighted by Gasteiger charge is -2.37. The van der Waals surface area contributed by atoms with E-state index in [2.05, 4.69) is 12.1 Å². The molecule has 2 aromatic rings. The van der Waals surface area contributed by atoms with Gasteiger partial charge in [-0.05, 0) is 29.7 Å². The summed E-state index contributed by atoms with van der Waals surface area (Å²) < 4.78 is 0. The number of para-hydroxylation sites is 2. The molecule has 0 aromatic heterocycles. The number of hydrogen-bond acceptors (Lipinski definition) is 1. The van der Waals surface area contributed by atoms with E-state index in [-0.39, 0.29) is 12.1 Å². The molecule has 1 unspecified atom stereocenters. The predicted molar refractivity (Wildman–Crippen MR) is 75.6 cm³/mol. The van der Waals surface area contributed by atoms with Crippen molar-refractivity contribution in [2.75, 3.05) is 16.8 Å². The van der Waals surface area contributed by atoms with Crippen molar-refractivity contribution in [3.8, 4) is 0 Å². The number of hydrogen-bond donors (Lipinski definition) is 0. The highest BCUT2D eigenvalue weighted by molar-refractivity contribution is 6.08. The molecule has 4 rings (SSSR count). The Morgan fingerprint density at radius 3 is 2.53 bits per heavy atom. The third-order valence-corrected chi connectivity index (χ3v) is 4.13. The Morgan fingerprint density at radius 1 is 1.00 bits per heavy atom. The number of benzene rings is 2. The first-order valence-electron chi connectivity index (χ1n) is 6.51. The minimum atomic E-state index is 0.0636. The van der Waals surface area contributed by atoms with Crippen molar-refractivity contribution in [3.05, 3.63) is 59.7 Å². The van der Waals surface area contributed by atoms with Crippen molar-refractivity contribution in [1.29, 1.82) is 0 Å². The molecule has 2 aliphatic rings. The van der Waals surface area contributed by atoms with E-state index in [9.17, 15) is 4.79 Å². The van der Waals surface area contributed by atoms with E-state index < -0.39 is 0 Å². The molecule has 0 N–H and O–H groups in total. The van der Waals surface area contributed by atoms with Crippen molar-refractivity contribution >= 4 is 17.4 Å². The second-order valence-corrected chi connectivity index (χ2v) is 5.12. The van der Waals surface area contributed by atoms with Crippen LogP contribution in [0.15, 0.2) is 48.5 Å². The summed E-state index contributed by atoms with van der Waals surface area (Å²) in [5.41, 5.74) is 4.58. The van der Waals surface area contributed by atoms with E-state index in [4.69, 9.17) is 0 Å². The number of fused-ring (bicyclic) bond motifs is 5. The SMILES string of the molecule is CN1C(=O)N2c3ccccc3CC2c2ccccc21. The summed E-state index contributed by atoms with van der Waals surface area (Å²) in [5.74, 6) is 0. The number of carbonyl (C=O) groups excluding carboxylic acids is 1. The lowest BCUT2D eigenvalue weighted by atomic mass is 9.98. The normalized spacial score (nSPS) is 20.1. The van der Waals surface area contributed by atoms with Crippen LogP contribution >= 0.6 is 0 Å². The molecule has 0 radical (unpaired) electrons. The number of anilines is 2. The molecule has 2 heterocycles. The first-order valence-corrected chi connectivity index (χ1v) is 6.51. The lowest BCUT2D eigenvalue weighted by molar-refractivity contribution is 0.249. The van der Waals surface area contributed by atoms with Gasteiger partial charge >= 0.3 is 6.03 Å². The summed E-state index contributed by atoms with van der Waals surface area (Å²) in [4.78, 5) is 16.3. The van der Waals surface area contributed by atoms with Gasteiger partial charge in [-0.3, -0.25) is 9.80 Å². The van der Waals surface area contributed by atoms with Crippen LogP contribution < -0.4 is 9.80 Å². The smallest absolute Gasteiger partial charge is 0.297 e. The zero-order valence-corrected chi connectivity index (χ0v) is 10.7. The van der Waals surface area contributed by atoms with Gasteiger partial charge in [-0.25, -0.2) is 4.79 Å². The summed E-state index contributed by atoms with van der Waals surface area (Å²) >= 11 is 0. The summed E-state index contributed by atoms with van der Waals surface area (Å²) in [5, 5.41) is 0. The molecule has 0 aliphatic carbocycles. The lowest BCUT2D eigenvalue weighted by Crippen LogP contribution is -2.46. The van der Waals surface area contributed by atoms with Gasteiger partial charge in [0.2, 0.25) is 0 Å². The quantitative estimate of drug-likeness (QED) is 0.703. The molecule has 94 valence electrons. The molecule has 2 aliphatic heterocycles. The zero-order chi connectivity index (χ0) is 13.0. The van der Waals surface area contributed by atoms with E-state index in [1.165, 1.54) is 11.1 Å². The van der Waals surface area contributed by atoms with Crippen LogP contribution in [0.5, 0.6) is 0 Å². The topological polar surface area (TPSA) is 23.6 Å². The van der Waals surface area contributed by atoms with Gasteiger partial charge in [-0.2, -0.15) is 0 Å². The Balaban J connectivity index is 1.94. The van der Waals surface area contributed by atoms with Crippen LogP contribution in [0.1, 0.15) is 17.2 Å². The third-order valence-electron chi connectivity index (χ3n) is 4.13. The molecule has 0 bridgehead atoms. The van der Waals surface area contributed by atoms with Crippen molar-refractivity contribution in [1.82, 2.24) is 0 Å². The number of amides is 2. The van der Waals surface area contributed by atoms with E-state index in [0.29, 0.717) is 0 Å². The molecule has 1 atom stereocenters. The van der Waals surface area contributed by atoms with Crippen molar-refractivity contribution in [3.63, 3.8) is 0 Å². The predicted octanol–water partition coefficient (Wildman–Crippen LogP) is 3.36. The Hall–Kier alpha value is -2.29. The zero-order valence-electron chi connectivity index (χ0n) is 10.7. The van der Waals surface area contributed by atoms with Crippen LogP contribution in [0.2, 0.25) is 0 Å². The molecule has 0 spiro atoms. The van der Waals surface area contributed by atoms with Crippen molar-refractivity contribution in [2.24, 2.45) is 0 Å². The summed E-state index contributed by atoms with van der Waals surface area (Å²) in [6.45, 7) is 0. The molecule has 2 aromatic carbocycles. The first-order chi connectivity index (χ1) is 9.27. The average Bonchev–Trinajstić information content (AvgIpc) is 2.84. The first kappa shape index (κ1) is 10.6. The van der Waals surface area contributed by atoms with Gasteiger partial charge in [-0.1, -0.05) is 36.4 Å². The molecule has 0 saturated heterocycles. The molecule has 3 nitrogen and oxygen atoms in total. The van der Waals surface area contributed by atoms with Crippen LogP contribution in [0.3, 0.4) is 0 Å². The summed E-state index contributed by atoms with van der Waals surface area (Å²) in [7, 11) is 1.85. The Labute approximate surface area is 112 Å².